The number of halogens is 2. The van der Waals surface area contributed by atoms with Gasteiger partial charge in [0.25, 0.3) is 0 Å². The second kappa shape index (κ2) is 3.04. The van der Waals surface area contributed by atoms with Crippen LogP contribution in [-0.2, 0) is 0 Å². The van der Waals surface area contributed by atoms with E-state index in [1.165, 1.54) is 0 Å². The number of rotatable bonds is 2. The quantitative estimate of drug-likeness (QED) is 0.792. The first kappa shape index (κ1) is 9.12. The fraction of sp³-hybridized carbons (Fsp3) is 0.300. The third-order valence-corrected chi connectivity index (χ3v) is 2.33. The zero-order valence-corrected chi connectivity index (χ0v) is 7.26. The Balaban J connectivity index is 2.49. The maximum absolute atomic E-state index is 13.1. The van der Waals surface area contributed by atoms with Gasteiger partial charge < -0.3 is 5.11 Å². The Hall–Kier alpha value is -1.45. The summed E-state index contributed by atoms with van der Waals surface area (Å²) in [5, 5.41) is 8.51. The lowest BCUT2D eigenvalue weighted by Crippen LogP contribution is -2.05. The van der Waals surface area contributed by atoms with Gasteiger partial charge in [-0.15, -0.1) is 0 Å². The summed E-state index contributed by atoms with van der Waals surface area (Å²) in [6.07, 6.45) is 1.84. The second-order valence-corrected chi connectivity index (χ2v) is 3.44. The molecule has 1 fully saturated rings. The van der Waals surface area contributed by atoms with Gasteiger partial charge in [-0.05, 0) is 36.5 Å². The normalized spacial score (nSPS) is 15.6. The first-order chi connectivity index (χ1) is 6.59. The van der Waals surface area contributed by atoms with Gasteiger partial charge in [0.15, 0.2) is 0 Å². The smallest absolute Gasteiger partial charge is 0.341 e. The van der Waals surface area contributed by atoms with Gasteiger partial charge in [-0.1, -0.05) is 0 Å². The van der Waals surface area contributed by atoms with Crippen LogP contribution in [0.15, 0.2) is 12.1 Å². The molecule has 74 valence electrons. The summed E-state index contributed by atoms with van der Waals surface area (Å²) in [6.45, 7) is 0. The van der Waals surface area contributed by atoms with Crippen molar-refractivity contribution in [3.05, 3.63) is 34.9 Å². The Kier molecular flexibility index (Phi) is 1.98. The highest BCUT2D eigenvalue weighted by Crippen LogP contribution is 2.40. The highest BCUT2D eigenvalue weighted by Gasteiger charge is 2.27. The third kappa shape index (κ3) is 1.47. The van der Waals surface area contributed by atoms with E-state index in [1.807, 2.05) is 0 Å². The van der Waals surface area contributed by atoms with Crippen LogP contribution >= 0.6 is 0 Å². The lowest BCUT2D eigenvalue weighted by molar-refractivity contribution is 0.0686. The highest BCUT2D eigenvalue weighted by atomic mass is 19.1. The van der Waals surface area contributed by atoms with Gasteiger partial charge in [-0.25, -0.2) is 13.6 Å². The third-order valence-electron chi connectivity index (χ3n) is 2.33. The number of carboxylic acid groups (broad SMARTS) is 1. The molecule has 0 heterocycles. The molecule has 0 radical (unpaired) electrons. The molecule has 14 heavy (non-hydrogen) atoms. The molecule has 1 saturated carbocycles. The van der Waals surface area contributed by atoms with E-state index in [0.717, 1.165) is 25.0 Å². The Morgan fingerprint density at radius 2 is 1.79 bits per heavy atom. The topological polar surface area (TPSA) is 37.3 Å². The average molecular weight is 198 g/mol. The largest absolute Gasteiger partial charge is 0.477 e. The molecule has 0 saturated heterocycles. The molecule has 0 atom stereocenters. The number of carboxylic acids is 1. The minimum atomic E-state index is -1.57. The fourth-order valence-corrected chi connectivity index (χ4v) is 1.45. The van der Waals surface area contributed by atoms with Gasteiger partial charge in [0.2, 0.25) is 0 Å². The van der Waals surface area contributed by atoms with Gasteiger partial charge >= 0.3 is 5.97 Å². The minimum absolute atomic E-state index is 0.210. The molecule has 0 aromatic heterocycles. The number of hydrogen-bond donors (Lipinski definition) is 1. The number of aromatic carboxylic acids is 1. The lowest BCUT2D eigenvalue weighted by atomic mass is 10.1. The summed E-state index contributed by atoms with van der Waals surface area (Å²) >= 11 is 0. The van der Waals surface area contributed by atoms with E-state index < -0.39 is 23.2 Å². The average Bonchev–Trinajstić information content (AvgIpc) is 2.83. The van der Waals surface area contributed by atoms with Crippen LogP contribution in [0.1, 0.15) is 34.7 Å². The molecule has 0 unspecified atom stereocenters. The van der Waals surface area contributed by atoms with Crippen molar-refractivity contribution in [1.82, 2.24) is 0 Å². The van der Waals surface area contributed by atoms with E-state index in [4.69, 9.17) is 5.11 Å². The maximum atomic E-state index is 13.1. The summed E-state index contributed by atoms with van der Waals surface area (Å²) < 4.78 is 26.3. The van der Waals surface area contributed by atoms with E-state index in [2.05, 4.69) is 0 Å². The zero-order chi connectivity index (χ0) is 10.3. The van der Waals surface area contributed by atoms with Crippen LogP contribution in [0.4, 0.5) is 8.78 Å². The van der Waals surface area contributed by atoms with Gasteiger partial charge in [-0.2, -0.15) is 0 Å². The first-order valence-electron chi connectivity index (χ1n) is 4.32. The van der Waals surface area contributed by atoms with Crippen molar-refractivity contribution in [2.45, 2.75) is 18.8 Å². The SMILES string of the molecule is O=C(O)c1c(F)cc(C2CC2)cc1F. The van der Waals surface area contributed by atoms with Crippen molar-refractivity contribution < 1.29 is 18.7 Å². The van der Waals surface area contributed by atoms with E-state index in [0.29, 0.717) is 5.56 Å². The predicted molar refractivity (Wildman–Crippen MR) is 45.3 cm³/mol. The molecule has 2 nitrogen and oxygen atoms in total. The minimum Gasteiger partial charge on any atom is -0.477 e. The molecule has 2 rings (SSSR count). The summed E-state index contributed by atoms with van der Waals surface area (Å²) in [6, 6.07) is 2.23. The Labute approximate surface area is 79.2 Å². The number of hydrogen-bond acceptors (Lipinski definition) is 1. The Bertz CT molecular complexity index is 374. The van der Waals surface area contributed by atoms with Crippen LogP contribution in [0, 0.1) is 11.6 Å². The van der Waals surface area contributed by atoms with Gasteiger partial charge in [0.1, 0.15) is 17.2 Å². The van der Waals surface area contributed by atoms with Gasteiger partial charge in [0.05, 0.1) is 0 Å². The summed E-state index contributed by atoms with van der Waals surface area (Å²) in [7, 11) is 0. The van der Waals surface area contributed by atoms with E-state index >= 15 is 0 Å². The van der Waals surface area contributed by atoms with E-state index in [-0.39, 0.29) is 5.92 Å². The van der Waals surface area contributed by atoms with Crippen molar-refractivity contribution in [2.24, 2.45) is 0 Å². The molecule has 1 N–H and O–H groups in total. The van der Waals surface area contributed by atoms with Crippen LogP contribution in [0.3, 0.4) is 0 Å². The molecule has 1 aliphatic rings. The van der Waals surface area contributed by atoms with Crippen LogP contribution in [-0.4, -0.2) is 11.1 Å². The highest BCUT2D eigenvalue weighted by molar-refractivity contribution is 5.88. The maximum Gasteiger partial charge on any atom is 0.341 e. The van der Waals surface area contributed by atoms with Crippen molar-refractivity contribution in [3.63, 3.8) is 0 Å². The first-order valence-corrected chi connectivity index (χ1v) is 4.32. The van der Waals surface area contributed by atoms with Crippen molar-refractivity contribution >= 4 is 5.97 Å². The molecule has 0 aliphatic heterocycles. The second-order valence-electron chi connectivity index (χ2n) is 3.44. The van der Waals surface area contributed by atoms with Gasteiger partial charge in [-0.3, -0.25) is 0 Å². The summed E-state index contributed by atoms with van der Waals surface area (Å²) in [5.74, 6) is -3.33. The zero-order valence-electron chi connectivity index (χ0n) is 7.26. The lowest BCUT2D eigenvalue weighted by Gasteiger charge is -2.03. The molecule has 1 aromatic rings. The standard InChI is InChI=1S/C10H8F2O2/c11-7-3-6(5-1-2-5)4-8(12)9(7)10(13)14/h3-5H,1-2H2,(H,13,14). The summed E-state index contributed by atoms with van der Waals surface area (Å²) in [5.41, 5.74) is -0.306. The number of carbonyl (C=O) groups is 1. The van der Waals surface area contributed by atoms with E-state index in [9.17, 15) is 13.6 Å². The molecule has 0 bridgehead atoms. The van der Waals surface area contributed by atoms with Crippen molar-refractivity contribution in [1.29, 1.82) is 0 Å². The van der Waals surface area contributed by atoms with Crippen LogP contribution in [0.2, 0.25) is 0 Å². The predicted octanol–water partition coefficient (Wildman–Crippen LogP) is 2.54. The Morgan fingerprint density at radius 1 is 1.29 bits per heavy atom. The van der Waals surface area contributed by atoms with Gasteiger partial charge in [0, 0.05) is 0 Å². The van der Waals surface area contributed by atoms with Crippen molar-refractivity contribution in [3.8, 4) is 0 Å². The van der Waals surface area contributed by atoms with E-state index in [1.54, 1.807) is 0 Å². The molecule has 0 spiro atoms. The van der Waals surface area contributed by atoms with Crippen LogP contribution < -0.4 is 0 Å². The number of benzene rings is 1. The molecular weight excluding hydrogens is 190 g/mol. The van der Waals surface area contributed by atoms with Crippen LogP contribution in [0.25, 0.3) is 0 Å². The molecule has 0 amide bonds. The van der Waals surface area contributed by atoms with Crippen LogP contribution in [0.5, 0.6) is 0 Å². The summed E-state index contributed by atoms with van der Waals surface area (Å²) in [4.78, 5) is 10.5. The Morgan fingerprint density at radius 3 is 2.14 bits per heavy atom. The molecule has 1 aromatic carbocycles. The molecular formula is C10H8F2O2. The fourth-order valence-electron chi connectivity index (χ4n) is 1.45. The monoisotopic (exact) mass is 198 g/mol. The van der Waals surface area contributed by atoms with Crippen molar-refractivity contribution in [2.75, 3.05) is 0 Å². The molecule has 4 heteroatoms. The molecule has 1 aliphatic carbocycles.